The predicted molar refractivity (Wildman–Crippen MR) is 100 cm³/mol. The fourth-order valence-corrected chi connectivity index (χ4v) is 4.05. The molecule has 0 bridgehead atoms. The number of aromatic nitrogens is 2. The van der Waals surface area contributed by atoms with Gasteiger partial charge in [-0.3, -0.25) is 0 Å². The molecule has 1 aromatic heterocycles. The van der Waals surface area contributed by atoms with Crippen molar-refractivity contribution in [2.75, 3.05) is 24.7 Å². The van der Waals surface area contributed by atoms with Gasteiger partial charge in [0.25, 0.3) is 0 Å². The zero-order valence-corrected chi connectivity index (χ0v) is 16.3. The largest absolute Gasteiger partial charge is 0.390 e. The molecule has 0 amide bonds. The molecule has 0 aliphatic carbocycles. The molecule has 0 radical (unpaired) electrons. The molecule has 3 atom stereocenters. The summed E-state index contributed by atoms with van der Waals surface area (Å²) >= 11 is 0. The zero-order chi connectivity index (χ0) is 18.2. The summed E-state index contributed by atoms with van der Waals surface area (Å²) in [6.45, 7) is 12.9. The lowest BCUT2D eigenvalue weighted by molar-refractivity contribution is -0.108. The molecule has 5 nitrogen and oxygen atoms in total. The minimum absolute atomic E-state index is 0.128. The lowest BCUT2D eigenvalue weighted by atomic mass is 9.79. The SMILES string of the molecule is CC(C)c1cc(N2CCC[C@@H]2[C@@H]2COCC[C@@]2(C)O)nc(C(C)C)n1. The normalized spacial score (nSPS) is 30.5. The van der Waals surface area contributed by atoms with Crippen LogP contribution in [-0.2, 0) is 4.74 Å². The van der Waals surface area contributed by atoms with E-state index in [-0.39, 0.29) is 12.0 Å². The molecule has 0 unspecified atom stereocenters. The Morgan fingerprint density at radius 2 is 2.00 bits per heavy atom. The van der Waals surface area contributed by atoms with Crippen molar-refractivity contribution in [3.05, 3.63) is 17.6 Å². The van der Waals surface area contributed by atoms with E-state index in [0.717, 1.165) is 36.7 Å². The molecule has 1 N–H and O–H groups in total. The van der Waals surface area contributed by atoms with Crippen molar-refractivity contribution in [1.29, 1.82) is 0 Å². The van der Waals surface area contributed by atoms with Gasteiger partial charge in [-0.2, -0.15) is 0 Å². The average Bonchev–Trinajstić information content (AvgIpc) is 3.03. The van der Waals surface area contributed by atoms with E-state index in [2.05, 4.69) is 38.7 Å². The highest BCUT2D eigenvalue weighted by Crippen LogP contribution is 2.38. The maximum Gasteiger partial charge on any atom is 0.133 e. The summed E-state index contributed by atoms with van der Waals surface area (Å²) < 4.78 is 5.72. The Morgan fingerprint density at radius 1 is 1.24 bits per heavy atom. The van der Waals surface area contributed by atoms with E-state index in [9.17, 15) is 5.11 Å². The monoisotopic (exact) mass is 347 g/mol. The topological polar surface area (TPSA) is 58.5 Å². The van der Waals surface area contributed by atoms with Gasteiger partial charge in [-0.15, -0.1) is 0 Å². The number of anilines is 1. The average molecular weight is 348 g/mol. The molecule has 1 aromatic rings. The van der Waals surface area contributed by atoms with E-state index in [0.29, 0.717) is 31.5 Å². The van der Waals surface area contributed by atoms with Crippen molar-refractivity contribution in [3.8, 4) is 0 Å². The Balaban J connectivity index is 1.94. The molecule has 2 aliphatic heterocycles. The lowest BCUT2D eigenvalue weighted by Gasteiger charge is -2.43. The number of ether oxygens (including phenoxy) is 1. The van der Waals surface area contributed by atoms with Gasteiger partial charge >= 0.3 is 0 Å². The third kappa shape index (κ3) is 3.82. The summed E-state index contributed by atoms with van der Waals surface area (Å²) in [6.07, 6.45) is 2.93. The molecule has 25 heavy (non-hydrogen) atoms. The van der Waals surface area contributed by atoms with Gasteiger partial charge in [-0.05, 0) is 32.1 Å². The number of hydrogen-bond acceptors (Lipinski definition) is 5. The zero-order valence-electron chi connectivity index (χ0n) is 16.3. The Bertz CT molecular complexity index is 574. The molecule has 3 rings (SSSR count). The van der Waals surface area contributed by atoms with Crippen LogP contribution in [0.15, 0.2) is 6.07 Å². The summed E-state index contributed by atoms with van der Waals surface area (Å²) in [5.41, 5.74) is 0.436. The number of rotatable bonds is 4. The summed E-state index contributed by atoms with van der Waals surface area (Å²) in [7, 11) is 0. The van der Waals surface area contributed by atoms with Gasteiger partial charge in [-0.25, -0.2) is 9.97 Å². The van der Waals surface area contributed by atoms with Crippen LogP contribution in [0, 0.1) is 5.92 Å². The van der Waals surface area contributed by atoms with Gasteiger partial charge in [0.1, 0.15) is 11.6 Å². The summed E-state index contributed by atoms with van der Waals surface area (Å²) in [6, 6.07) is 2.43. The van der Waals surface area contributed by atoms with E-state index < -0.39 is 5.60 Å². The van der Waals surface area contributed by atoms with Gasteiger partial charge < -0.3 is 14.7 Å². The van der Waals surface area contributed by atoms with Crippen LogP contribution in [0.1, 0.15) is 77.2 Å². The fourth-order valence-electron chi connectivity index (χ4n) is 4.05. The molecule has 5 heteroatoms. The highest BCUT2D eigenvalue weighted by Gasteiger charge is 2.44. The Kier molecular flexibility index (Phi) is 5.35. The van der Waals surface area contributed by atoms with E-state index >= 15 is 0 Å². The van der Waals surface area contributed by atoms with Gasteiger partial charge in [0, 0.05) is 42.8 Å². The molecule has 2 fully saturated rings. The van der Waals surface area contributed by atoms with Crippen LogP contribution in [0.3, 0.4) is 0 Å². The molecule has 2 saturated heterocycles. The van der Waals surface area contributed by atoms with Crippen LogP contribution in [0.25, 0.3) is 0 Å². The van der Waals surface area contributed by atoms with Crippen molar-refractivity contribution < 1.29 is 9.84 Å². The van der Waals surface area contributed by atoms with Gasteiger partial charge in [-0.1, -0.05) is 27.7 Å². The third-order valence-electron chi connectivity index (χ3n) is 5.76. The second kappa shape index (κ2) is 7.20. The van der Waals surface area contributed by atoms with Crippen molar-refractivity contribution in [1.82, 2.24) is 9.97 Å². The first-order chi connectivity index (χ1) is 11.8. The van der Waals surface area contributed by atoms with Crippen LogP contribution in [0.5, 0.6) is 0 Å². The first-order valence-electron chi connectivity index (χ1n) is 9.75. The van der Waals surface area contributed by atoms with Gasteiger partial charge in [0.15, 0.2) is 0 Å². The second-order valence-electron chi connectivity index (χ2n) is 8.51. The first kappa shape index (κ1) is 18.6. The quantitative estimate of drug-likeness (QED) is 0.903. The van der Waals surface area contributed by atoms with E-state index in [4.69, 9.17) is 14.7 Å². The highest BCUT2D eigenvalue weighted by atomic mass is 16.5. The highest BCUT2D eigenvalue weighted by molar-refractivity contribution is 5.44. The van der Waals surface area contributed by atoms with E-state index in [1.165, 1.54) is 0 Å². The molecular formula is C20H33N3O2. The van der Waals surface area contributed by atoms with Gasteiger partial charge in [0.2, 0.25) is 0 Å². The van der Waals surface area contributed by atoms with Gasteiger partial charge in [0.05, 0.1) is 12.2 Å². The smallest absolute Gasteiger partial charge is 0.133 e. The van der Waals surface area contributed by atoms with Crippen molar-refractivity contribution in [2.45, 2.75) is 77.4 Å². The van der Waals surface area contributed by atoms with Crippen molar-refractivity contribution in [2.24, 2.45) is 5.92 Å². The van der Waals surface area contributed by atoms with Crippen LogP contribution >= 0.6 is 0 Å². The first-order valence-corrected chi connectivity index (χ1v) is 9.75. The standard InChI is InChI=1S/C20H33N3O2/c1-13(2)16-11-18(22-19(21-16)14(3)4)23-9-6-7-17(23)15-12-25-10-8-20(15,5)24/h11,13-15,17,24H,6-10,12H2,1-5H3/t15-,17+,20+/m0/s1. The van der Waals surface area contributed by atoms with E-state index in [1.54, 1.807) is 0 Å². The number of aliphatic hydroxyl groups is 1. The molecule has 140 valence electrons. The Hall–Kier alpha value is -1.20. The van der Waals surface area contributed by atoms with E-state index in [1.807, 2.05) is 6.92 Å². The maximum absolute atomic E-state index is 10.9. The second-order valence-corrected chi connectivity index (χ2v) is 8.51. The third-order valence-corrected chi connectivity index (χ3v) is 5.76. The number of hydrogen-bond donors (Lipinski definition) is 1. The molecular weight excluding hydrogens is 314 g/mol. The van der Waals surface area contributed by atoms with Crippen LogP contribution in [0.4, 0.5) is 5.82 Å². The predicted octanol–water partition coefficient (Wildman–Crippen LogP) is 3.48. The van der Waals surface area contributed by atoms with Crippen LogP contribution < -0.4 is 4.90 Å². The molecule has 0 aromatic carbocycles. The van der Waals surface area contributed by atoms with Crippen LogP contribution in [0.2, 0.25) is 0 Å². The van der Waals surface area contributed by atoms with Crippen molar-refractivity contribution in [3.63, 3.8) is 0 Å². The Labute approximate surface area is 151 Å². The molecule has 2 aliphatic rings. The maximum atomic E-state index is 10.9. The molecule has 3 heterocycles. The summed E-state index contributed by atoms with van der Waals surface area (Å²) in [4.78, 5) is 12.0. The summed E-state index contributed by atoms with van der Waals surface area (Å²) in [5, 5.41) is 10.9. The molecule has 0 saturated carbocycles. The number of nitrogens with zero attached hydrogens (tertiary/aromatic N) is 3. The van der Waals surface area contributed by atoms with Crippen molar-refractivity contribution >= 4 is 5.82 Å². The summed E-state index contributed by atoms with van der Waals surface area (Å²) in [5.74, 6) is 2.74. The minimum Gasteiger partial charge on any atom is -0.390 e. The molecule has 0 spiro atoms. The Morgan fingerprint density at radius 3 is 2.64 bits per heavy atom. The lowest BCUT2D eigenvalue weighted by Crippen LogP contribution is -2.52. The fraction of sp³-hybridized carbons (Fsp3) is 0.800. The van der Waals surface area contributed by atoms with Crippen LogP contribution in [-0.4, -0.2) is 46.5 Å². The minimum atomic E-state index is -0.666.